The fourth-order valence-corrected chi connectivity index (χ4v) is 2.18. The SMILES string of the molecule is NC(CCC(=O)O)c1c(C(F)(F)F)ccc2c1OCCO2. The lowest BCUT2D eigenvalue weighted by molar-refractivity contribution is -0.138. The number of halogens is 3. The molecule has 3 N–H and O–H groups in total. The number of aliphatic carboxylic acids is 1. The molecule has 1 unspecified atom stereocenters. The van der Waals surface area contributed by atoms with Gasteiger partial charge < -0.3 is 20.3 Å². The molecule has 1 aromatic rings. The molecule has 5 nitrogen and oxygen atoms in total. The zero-order valence-corrected chi connectivity index (χ0v) is 10.9. The van der Waals surface area contributed by atoms with Gasteiger partial charge in [0.2, 0.25) is 0 Å². The molecule has 0 radical (unpaired) electrons. The topological polar surface area (TPSA) is 81.8 Å². The van der Waals surface area contributed by atoms with Gasteiger partial charge in [-0.3, -0.25) is 4.79 Å². The number of hydrogen-bond donors (Lipinski definition) is 2. The summed E-state index contributed by atoms with van der Waals surface area (Å²) in [6, 6.07) is 0.961. The van der Waals surface area contributed by atoms with E-state index in [1.807, 2.05) is 0 Å². The van der Waals surface area contributed by atoms with Gasteiger partial charge in [-0.25, -0.2) is 0 Å². The Hall–Kier alpha value is -1.96. The molecule has 8 heteroatoms. The van der Waals surface area contributed by atoms with Crippen molar-refractivity contribution in [1.29, 1.82) is 0 Å². The molecular formula is C13H14F3NO4. The molecule has 1 atom stereocenters. The van der Waals surface area contributed by atoms with Gasteiger partial charge in [0, 0.05) is 18.0 Å². The average Bonchev–Trinajstić information content (AvgIpc) is 2.42. The number of benzene rings is 1. The largest absolute Gasteiger partial charge is 0.486 e. The van der Waals surface area contributed by atoms with Crippen molar-refractivity contribution in [2.45, 2.75) is 25.1 Å². The van der Waals surface area contributed by atoms with Gasteiger partial charge in [-0.05, 0) is 18.6 Å². The number of nitrogens with two attached hydrogens (primary N) is 1. The number of carboxylic acids is 1. The van der Waals surface area contributed by atoms with E-state index < -0.39 is 23.8 Å². The number of hydrogen-bond acceptors (Lipinski definition) is 4. The lowest BCUT2D eigenvalue weighted by atomic mass is 9.95. The number of alkyl halides is 3. The predicted molar refractivity (Wildman–Crippen MR) is 66.2 cm³/mol. The van der Waals surface area contributed by atoms with Crippen LogP contribution in [0.2, 0.25) is 0 Å². The Labute approximate surface area is 118 Å². The summed E-state index contributed by atoms with van der Waals surface area (Å²) in [5.74, 6) is -0.982. The van der Waals surface area contributed by atoms with Crippen molar-refractivity contribution in [2.24, 2.45) is 5.73 Å². The first-order chi connectivity index (χ1) is 9.80. The van der Waals surface area contributed by atoms with Crippen molar-refractivity contribution in [3.63, 3.8) is 0 Å². The van der Waals surface area contributed by atoms with Crippen LogP contribution in [-0.2, 0) is 11.0 Å². The Balaban J connectivity index is 2.45. The molecule has 1 aromatic carbocycles. The van der Waals surface area contributed by atoms with Crippen molar-refractivity contribution < 1.29 is 32.5 Å². The van der Waals surface area contributed by atoms with Crippen molar-refractivity contribution in [1.82, 2.24) is 0 Å². The van der Waals surface area contributed by atoms with Crippen LogP contribution < -0.4 is 15.2 Å². The molecule has 0 spiro atoms. The van der Waals surface area contributed by atoms with Gasteiger partial charge in [0.05, 0.1) is 5.56 Å². The molecule has 1 heterocycles. The van der Waals surface area contributed by atoms with E-state index in [4.69, 9.17) is 20.3 Å². The zero-order valence-electron chi connectivity index (χ0n) is 10.9. The smallest absolute Gasteiger partial charge is 0.416 e. The van der Waals surface area contributed by atoms with E-state index in [1.54, 1.807) is 0 Å². The highest BCUT2D eigenvalue weighted by molar-refractivity contribution is 5.67. The predicted octanol–water partition coefficient (Wildman–Crippen LogP) is 2.34. The van der Waals surface area contributed by atoms with Gasteiger partial charge >= 0.3 is 12.1 Å². The van der Waals surface area contributed by atoms with Gasteiger partial charge in [-0.15, -0.1) is 0 Å². The first-order valence-corrected chi connectivity index (χ1v) is 6.27. The molecule has 0 bridgehead atoms. The van der Waals surface area contributed by atoms with Crippen LogP contribution in [0.25, 0.3) is 0 Å². The molecule has 0 saturated carbocycles. The minimum absolute atomic E-state index is 0.0473. The summed E-state index contributed by atoms with van der Waals surface area (Å²) in [5.41, 5.74) is 4.59. The summed E-state index contributed by atoms with van der Waals surface area (Å²) in [6.45, 7) is 0.356. The zero-order chi connectivity index (χ0) is 15.6. The van der Waals surface area contributed by atoms with E-state index >= 15 is 0 Å². The van der Waals surface area contributed by atoms with E-state index in [1.165, 1.54) is 6.07 Å². The van der Waals surface area contributed by atoms with Crippen LogP contribution in [0.15, 0.2) is 12.1 Å². The van der Waals surface area contributed by atoms with Crippen molar-refractivity contribution in [3.8, 4) is 11.5 Å². The van der Waals surface area contributed by atoms with Gasteiger partial charge in [0.1, 0.15) is 13.2 Å². The number of rotatable bonds is 4. The Morgan fingerprint density at radius 1 is 1.33 bits per heavy atom. The number of carbonyl (C=O) groups is 1. The highest BCUT2D eigenvalue weighted by Gasteiger charge is 2.38. The molecule has 1 aliphatic rings. The van der Waals surface area contributed by atoms with Crippen LogP contribution in [0, 0.1) is 0 Å². The summed E-state index contributed by atoms with van der Waals surface area (Å²) in [7, 11) is 0. The van der Waals surface area contributed by atoms with Crippen molar-refractivity contribution in [2.75, 3.05) is 13.2 Å². The summed E-state index contributed by atoms with van der Waals surface area (Å²) in [4.78, 5) is 10.6. The normalized spacial score (nSPS) is 15.6. The van der Waals surface area contributed by atoms with Crippen LogP contribution in [0.1, 0.15) is 30.0 Å². The summed E-state index contributed by atoms with van der Waals surface area (Å²) in [6.07, 6.45) is -5.06. The Kier molecular flexibility index (Phi) is 4.26. The minimum atomic E-state index is -4.61. The Bertz CT molecular complexity index is 545. The first-order valence-electron chi connectivity index (χ1n) is 6.27. The molecule has 2 rings (SSSR count). The molecule has 0 saturated heterocycles. The van der Waals surface area contributed by atoms with E-state index in [2.05, 4.69) is 0 Å². The lowest BCUT2D eigenvalue weighted by Gasteiger charge is -2.26. The average molecular weight is 305 g/mol. The summed E-state index contributed by atoms with van der Waals surface area (Å²) < 4.78 is 49.8. The van der Waals surface area contributed by atoms with Crippen LogP contribution in [0.5, 0.6) is 11.5 Å². The summed E-state index contributed by atoms with van der Waals surface area (Å²) >= 11 is 0. The maximum absolute atomic E-state index is 13.1. The van der Waals surface area contributed by atoms with Crippen LogP contribution >= 0.6 is 0 Å². The highest BCUT2D eigenvalue weighted by atomic mass is 19.4. The molecule has 116 valence electrons. The Morgan fingerprint density at radius 2 is 2.00 bits per heavy atom. The fourth-order valence-electron chi connectivity index (χ4n) is 2.18. The molecule has 0 fully saturated rings. The van der Waals surface area contributed by atoms with Crippen molar-refractivity contribution >= 4 is 5.97 Å². The van der Waals surface area contributed by atoms with Gasteiger partial charge in [-0.2, -0.15) is 13.2 Å². The number of fused-ring (bicyclic) bond motifs is 1. The Morgan fingerprint density at radius 3 is 2.62 bits per heavy atom. The third-order valence-electron chi connectivity index (χ3n) is 3.09. The first kappa shape index (κ1) is 15.4. The standard InChI is InChI=1S/C13H14F3NO4/c14-13(15,16)7-1-3-9-12(21-6-5-20-9)11(7)8(17)2-4-10(18)19/h1,3,8H,2,4-6,17H2,(H,18,19). The van der Waals surface area contributed by atoms with E-state index in [9.17, 15) is 18.0 Å². The third kappa shape index (κ3) is 3.38. The van der Waals surface area contributed by atoms with Gasteiger partial charge in [0.15, 0.2) is 11.5 Å². The van der Waals surface area contributed by atoms with E-state index in [-0.39, 0.29) is 43.1 Å². The number of carboxylic acid groups (broad SMARTS) is 1. The maximum atomic E-state index is 13.1. The van der Waals surface area contributed by atoms with Gasteiger partial charge in [-0.1, -0.05) is 0 Å². The molecule has 0 aromatic heterocycles. The molecular weight excluding hydrogens is 291 g/mol. The molecule has 0 amide bonds. The second-order valence-electron chi connectivity index (χ2n) is 4.59. The quantitative estimate of drug-likeness (QED) is 0.892. The molecule has 21 heavy (non-hydrogen) atoms. The van der Waals surface area contributed by atoms with E-state index in [0.29, 0.717) is 0 Å². The number of ether oxygens (including phenoxy) is 2. The van der Waals surface area contributed by atoms with Crippen molar-refractivity contribution in [3.05, 3.63) is 23.3 Å². The lowest BCUT2D eigenvalue weighted by Crippen LogP contribution is -2.23. The van der Waals surface area contributed by atoms with Gasteiger partial charge in [0.25, 0.3) is 0 Å². The maximum Gasteiger partial charge on any atom is 0.416 e. The summed E-state index contributed by atoms with van der Waals surface area (Å²) in [5, 5.41) is 8.64. The van der Waals surface area contributed by atoms with Crippen LogP contribution in [0.3, 0.4) is 0 Å². The minimum Gasteiger partial charge on any atom is -0.486 e. The van der Waals surface area contributed by atoms with E-state index in [0.717, 1.165) is 6.07 Å². The third-order valence-corrected chi connectivity index (χ3v) is 3.09. The molecule has 1 aliphatic heterocycles. The fraction of sp³-hybridized carbons (Fsp3) is 0.462. The second kappa shape index (κ2) is 5.80. The second-order valence-corrected chi connectivity index (χ2v) is 4.59. The highest BCUT2D eigenvalue weighted by Crippen LogP contribution is 2.45. The molecule has 0 aliphatic carbocycles. The van der Waals surface area contributed by atoms with Crippen LogP contribution in [0.4, 0.5) is 13.2 Å². The van der Waals surface area contributed by atoms with Crippen LogP contribution in [-0.4, -0.2) is 24.3 Å². The monoisotopic (exact) mass is 305 g/mol.